The van der Waals surface area contributed by atoms with Crippen molar-refractivity contribution in [1.82, 2.24) is 19.5 Å². The van der Waals surface area contributed by atoms with Gasteiger partial charge in [-0.2, -0.15) is 8.42 Å². The lowest BCUT2D eigenvalue weighted by Gasteiger charge is -2.24. The van der Waals surface area contributed by atoms with Gasteiger partial charge >= 0.3 is 0 Å². The molecule has 2 aliphatic rings. The van der Waals surface area contributed by atoms with Gasteiger partial charge in [0.1, 0.15) is 35.9 Å². The normalized spacial score (nSPS) is 27.1. The molecule has 4 atom stereocenters. The summed E-state index contributed by atoms with van der Waals surface area (Å²) in [7, 11) is -3.82. The van der Waals surface area contributed by atoms with E-state index in [2.05, 4.69) is 15.0 Å². The summed E-state index contributed by atoms with van der Waals surface area (Å²) in [6.45, 7) is 3.37. The van der Waals surface area contributed by atoms with Crippen LogP contribution in [0.25, 0.3) is 11.2 Å². The number of aromatic nitrogens is 4. The first kappa shape index (κ1) is 21.2. The molecule has 2 saturated heterocycles. The third kappa shape index (κ3) is 3.95. The number of nitrogen functional groups attached to an aromatic ring is 1. The second-order valence-corrected chi connectivity index (χ2v) is 9.82. The molecule has 0 spiro atoms. The van der Waals surface area contributed by atoms with Crippen LogP contribution in [0.1, 0.15) is 25.6 Å². The highest BCUT2D eigenvalue weighted by atomic mass is 32.2. The summed E-state index contributed by atoms with van der Waals surface area (Å²) >= 11 is 0. The minimum atomic E-state index is -3.82. The predicted octanol–water partition coefficient (Wildman–Crippen LogP) is 1.37. The maximum absolute atomic E-state index is 12.5. The summed E-state index contributed by atoms with van der Waals surface area (Å²) in [5.74, 6) is -0.856. The lowest BCUT2D eigenvalue weighted by Crippen LogP contribution is -2.33. The van der Waals surface area contributed by atoms with E-state index in [4.69, 9.17) is 24.1 Å². The molecule has 12 heteroatoms. The van der Waals surface area contributed by atoms with Gasteiger partial charge in [-0.25, -0.2) is 15.0 Å². The zero-order valence-corrected chi connectivity index (χ0v) is 18.3. The largest absolute Gasteiger partial charge is 0.382 e. The molecule has 0 radical (unpaired) electrons. The van der Waals surface area contributed by atoms with Crippen LogP contribution in [0.5, 0.6) is 0 Å². The molecule has 4 heterocycles. The molecule has 2 N–H and O–H groups in total. The molecule has 0 aliphatic carbocycles. The zero-order valence-electron chi connectivity index (χ0n) is 17.5. The van der Waals surface area contributed by atoms with E-state index in [0.29, 0.717) is 16.7 Å². The van der Waals surface area contributed by atoms with Crippen molar-refractivity contribution in [3.8, 4) is 0 Å². The zero-order chi connectivity index (χ0) is 22.5. The average molecular weight is 462 g/mol. The Hall–Kier alpha value is -2.64. The van der Waals surface area contributed by atoms with Crippen molar-refractivity contribution in [2.24, 2.45) is 0 Å². The van der Waals surface area contributed by atoms with Gasteiger partial charge in [0.25, 0.3) is 10.1 Å². The van der Waals surface area contributed by atoms with Crippen LogP contribution in [-0.2, 0) is 34.3 Å². The minimum absolute atomic E-state index is 0.212. The molecule has 0 unspecified atom stereocenters. The van der Waals surface area contributed by atoms with Crippen molar-refractivity contribution >= 4 is 27.1 Å². The van der Waals surface area contributed by atoms with Crippen LogP contribution in [0.2, 0.25) is 0 Å². The number of benzene rings is 1. The molecule has 0 amide bonds. The molecule has 170 valence electrons. The van der Waals surface area contributed by atoms with Crippen molar-refractivity contribution in [3.63, 3.8) is 0 Å². The number of nitrogens with zero attached hydrogens (tertiary/aromatic N) is 4. The van der Waals surface area contributed by atoms with Crippen molar-refractivity contribution in [3.05, 3.63) is 48.5 Å². The average Bonchev–Trinajstić information content (AvgIpc) is 3.38. The van der Waals surface area contributed by atoms with Gasteiger partial charge < -0.3 is 19.9 Å². The maximum atomic E-state index is 12.5. The summed E-state index contributed by atoms with van der Waals surface area (Å²) < 4.78 is 50.2. The Morgan fingerprint density at radius 2 is 1.88 bits per heavy atom. The van der Waals surface area contributed by atoms with E-state index in [1.54, 1.807) is 49.0 Å². The molecule has 0 saturated carbocycles. The molecule has 1 aromatic carbocycles. The summed E-state index contributed by atoms with van der Waals surface area (Å²) in [5, 5.41) is 0. The summed E-state index contributed by atoms with van der Waals surface area (Å²) in [6, 6.07) is 8.83. The second kappa shape index (κ2) is 7.74. The molecular weight excluding hydrogens is 438 g/mol. The van der Waals surface area contributed by atoms with Crippen LogP contribution >= 0.6 is 0 Å². The van der Waals surface area contributed by atoms with Crippen LogP contribution in [0.3, 0.4) is 0 Å². The van der Waals surface area contributed by atoms with Crippen molar-refractivity contribution in [1.29, 1.82) is 0 Å². The first-order valence-electron chi connectivity index (χ1n) is 10.1. The van der Waals surface area contributed by atoms with Gasteiger partial charge in [-0.15, -0.1) is 0 Å². The minimum Gasteiger partial charge on any atom is -0.382 e. The molecule has 11 nitrogen and oxygen atoms in total. The summed E-state index contributed by atoms with van der Waals surface area (Å²) in [6.07, 6.45) is 0.472. The van der Waals surface area contributed by atoms with Crippen LogP contribution < -0.4 is 5.73 Å². The lowest BCUT2D eigenvalue weighted by molar-refractivity contribution is -0.198. The standard InChI is InChI=1S/C20H23N5O6S/c1-20(2)30-15-13(8-28-32(26,27)9-12-6-4-3-5-7-12)29-19(16(15)31-20)25-11-24-14-17(21)22-10-23-18(14)25/h3-7,10-11,13,15-16,19H,8-9H2,1-2H3,(H2,21,22,23)/t13-,15-,16-,19-/m1/s1. The van der Waals surface area contributed by atoms with E-state index < -0.39 is 40.4 Å². The molecule has 0 bridgehead atoms. The van der Waals surface area contributed by atoms with Gasteiger partial charge in [-0.1, -0.05) is 30.3 Å². The van der Waals surface area contributed by atoms with E-state index in [0.717, 1.165) is 0 Å². The van der Waals surface area contributed by atoms with Crippen LogP contribution in [0.4, 0.5) is 5.82 Å². The van der Waals surface area contributed by atoms with Gasteiger partial charge in [0.2, 0.25) is 0 Å². The molecule has 2 fully saturated rings. The SMILES string of the molecule is CC1(C)O[C@@H]2[C@H](O1)[C@@H](COS(=O)(=O)Cc1ccccc1)O[C@H]2n1cnc2c(N)ncnc21. The van der Waals surface area contributed by atoms with E-state index >= 15 is 0 Å². The fourth-order valence-electron chi connectivity index (χ4n) is 4.06. The van der Waals surface area contributed by atoms with Gasteiger partial charge in [-0.3, -0.25) is 8.75 Å². The molecule has 5 rings (SSSR count). The molecule has 32 heavy (non-hydrogen) atoms. The highest BCUT2D eigenvalue weighted by molar-refractivity contribution is 7.85. The van der Waals surface area contributed by atoms with Crippen LogP contribution in [0, 0.1) is 0 Å². The highest BCUT2D eigenvalue weighted by Crippen LogP contribution is 2.44. The Labute approximate surface area is 184 Å². The number of imidazole rings is 1. The van der Waals surface area contributed by atoms with Crippen LogP contribution in [-0.4, -0.2) is 58.6 Å². The fraction of sp³-hybridized carbons (Fsp3) is 0.450. The van der Waals surface area contributed by atoms with Crippen molar-refractivity contribution < 1.29 is 26.8 Å². The third-order valence-electron chi connectivity index (χ3n) is 5.38. The number of nitrogens with two attached hydrogens (primary N) is 1. The number of anilines is 1. The third-order valence-corrected chi connectivity index (χ3v) is 6.57. The van der Waals surface area contributed by atoms with Gasteiger partial charge in [-0.05, 0) is 19.4 Å². The predicted molar refractivity (Wildman–Crippen MR) is 112 cm³/mol. The van der Waals surface area contributed by atoms with E-state index in [1.165, 1.54) is 6.33 Å². The number of hydrogen-bond acceptors (Lipinski definition) is 10. The quantitative estimate of drug-likeness (QED) is 0.535. The van der Waals surface area contributed by atoms with Crippen molar-refractivity contribution in [2.45, 2.75) is 49.9 Å². The molecule has 3 aromatic rings. The Balaban J connectivity index is 1.37. The first-order valence-corrected chi connectivity index (χ1v) is 11.7. The molecule has 2 aliphatic heterocycles. The molecule has 2 aromatic heterocycles. The topological polar surface area (TPSA) is 141 Å². The lowest BCUT2D eigenvalue weighted by atomic mass is 10.1. The van der Waals surface area contributed by atoms with Crippen LogP contribution in [0.15, 0.2) is 43.0 Å². The van der Waals surface area contributed by atoms with Gasteiger partial charge in [0, 0.05) is 0 Å². The van der Waals surface area contributed by atoms with Gasteiger partial charge in [0.15, 0.2) is 23.5 Å². The number of hydrogen-bond donors (Lipinski definition) is 1. The first-order chi connectivity index (χ1) is 15.2. The Morgan fingerprint density at radius 1 is 1.12 bits per heavy atom. The number of ether oxygens (including phenoxy) is 3. The summed E-state index contributed by atoms with van der Waals surface area (Å²) in [5.41, 5.74) is 7.45. The summed E-state index contributed by atoms with van der Waals surface area (Å²) in [4.78, 5) is 12.5. The Morgan fingerprint density at radius 3 is 2.66 bits per heavy atom. The van der Waals surface area contributed by atoms with E-state index in [1.807, 2.05) is 6.07 Å². The highest BCUT2D eigenvalue weighted by Gasteiger charge is 2.56. The number of fused-ring (bicyclic) bond motifs is 2. The van der Waals surface area contributed by atoms with E-state index in [9.17, 15) is 8.42 Å². The number of rotatable bonds is 6. The maximum Gasteiger partial charge on any atom is 0.271 e. The Kier molecular flexibility index (Phi) is 5.13. The molecular formula is C20H23N5O6S. The van der Waals surface area contributed by atoms with E-state index in [-0.39, 0.29) is 18.2 Å². The smallest absolute Gasteiger partial charge is 0.271 e. The van der Waals surface area contributed by atoms with Crippen molar-refractivity contribution in [2.75, 3.05) is 12.3 Å². The van der Waals surface area contributed by atoms with Gasteiger partial charge in [0.05, 0.1) is 12.9 Å². The second-order valence-electron chi connectivity index (χ2n) is 8.18. The Bertz CT molecular complexity index is 1230. The fourth-order valence-corrected chi connectivity index (χ4v) is 5.09. The monoisotopic (exact) mass is 461 g/mol.